The van der Waals surface area contributed by atoms with E-state index in [9.17, 15) is 0 Å². The molecule has 0 bridgehead atoms. The van der Waals surface area contributed by atoms with Crippen LogP contribution >= 0.6 is 0 Å². The monoisotopic (exact) mass is 210 g/mol. The van der Waals surface area contributed by atoms with Crippen LogP contribution in [0.4, 0.5) is 0 Å². The first-order chi connectivity index (χ1) is 7.84. The van der Waals surface area contributed by atoms with Crippen LogP contribution in [-0.2, 0) is 0 Å². The first-order valence-electron chi connectivity index (χ1n) is 5.09. The topological polar surface area (TPSA) is 43.1 Å². The van der Waals surface area contributed by atoms with E-state index in [-0.39, 0.29) is 0 Å². The summed E-state index contributed by atoms with van der Waals surface area (Å²) in [7, 11) is 0. The quantitative estimate of drug-likeness (QED) is 0.617. The van der Waals surface area contributed by atoms with Gasteiger partial charge in [-0.25, -0.2) is 4.52 Å². The largest absolute Gasteiger partial charge is 0.251 e. The average molecular weight is 210 g/mol. The summed E-state index contributed by atoms with van der Waals surface area (Å²) >= 11 is 0. The van der Waals surface area contributed by atoms with Crippen molar-refractivity contribution in [2.75, 3.05) is 0 Å². The Hall–Kier alpha value is -2.23. The number of fused-ring (bicyclic) bond motifs is 1. The van der Waals surface area contributed by atoms with Crippen molar-refractivity contribution in [1.29, 1.82) is 0 Å². The van der Waals surface area contributed by atoms with E-state index in [4.69, 9.17) is 0 Å². The molecule has 3 aromatic heterocycles. The van der Waals surface area contributed by atoms with Crippen molar-refractivity contribution >= 4 is 5.52 Å². The van der Waals surface area contributed by atoms with Crippen LogP contribution in [0.15, 0.2) is 42.6 Å². The average Bonchev–Trinajstić information content (AvgIpc) is 2.72. The van der Waals surface area contributed by atoms with Gasteiger partial charge in [-0.05, 0) is 31.2 Å². The number of nitrogens with zero attached hydrogens (tertiary/aromatic N) is 4. The van der Waals surface area contributed by atoms with Gasteiger partial charge in [-0.15, -0.1) is 5.10 Å². The summed E-state index contributed by atoms with van der Waals surface area (Å²) in [5, 5.41) is 8.21. The lowest BCUT2D eigenvalue weighted by molar-refractivity contribution is 0.856. The molecule has 0 saturated carbocycles. The van der Waals surface area contributed by atoms with Crippen LogP contribution in [-0.4, -0.2) is 19.8 Å². The zero-order valence-electron chi connectivity index (χ0n) is 8.83. The van der Waals surface area contributed by atoms with E-state index in [2.05, 4.69) is 15.3 Å². The normalized spacial score (nSPS) is 10.8. The number of rotatable bonds is 1. The van der Waals surface area contributed by atoms with Crippen LogP contribution in [0.25, 0.3) is 16.9 Å². The molecule has 0 aromatic carbocycles. The highest BCUT2D eigenvalue weighted by molar-refractivity contribution is 5.73. The second kappa shape index (κ2) is 3.41. The molecule has 16 heavy (non-hydrogen) atoms. The van der Waals surface area contributed by atoms with Gasteiger partial charge in [-0.3, -0.25) is 4.98 Å². The summed E-state index contributed by atoms with van der Waals surface area (Å²) in [6.07, 6.45) is 1.88. The van der Waals surface area contributed by atoms with E-state index in [0.717, 1.165) is 22.6 Å². The minimum Gasteiger partial charge on any atom is -0.251 e. The fraction of sp³-hybridized carbons (Fsp3) is 0.0833. The van der Waals surface area contributed by atoms with Crippen LogP contribution in [0.5, 0.6) is 0 Å². The predicted molar refractivity (Wildman–Crippen MR) is 61.0 cm³/mol. The number of pyridine rings is 2. The van der Waals surface area contributed by atoms with Crippen molar-refractivity contribution in [3.05, 3.63) is 48.3 Å². The van der Waals surface area contributed by atoms with Gasteiger partial charge in [0.05, 0.1) is 11.2 Å². The van der Waals surface area contributed by atoms with Gasteiger partial charge in [0.15, 0.2) is 0 Å². The molecule has 3 aromatic rings. The van der Waals surface area contributed by atoms with Gasteiger partial charge in [-0.2, -0.15) is 0 Å². The molecule has 0 fully saturated rings. The zero-order chi connectivity index (χ0) is 11.0. The third kappa shape index (κ3) is 1.35. The van der Waals surface area contributed by atoms with Gasteiger partial charge in [0.1, 0.15) is 5.69 Å². The smallest absolute Gasteiger partial charge is 0.139 e. The van der Waals surface area contributed by atoms with Crippen molar-refractivity contribution in [1.82, 2.24) is 19.8 Å². The molecule has 0 aliphatic heterocycles. The molecule has 0 radical (unpaired) electrons. The van der Waals surface area contributed by atoms with E-state index in [1.807, 2.05) is 49.5 Å². The van der Waals surface area contributed by atoms with Crippen molar-refractivity contribution in [3.63, 3.8) is 0 Å². The SMILES string of the molecule is Cc1cccc(-c2nnn3ccccc23)n1. The minimum atomic E-state index is 0.823. The summed E-state index contributed by atoms with van der Waals surface area (Å²) < 4.78 is 1.75. The molecule has 0 saturated heterocycles. The Morgan fingerprint density at radius 1 is 1.06 bits per heavy atom. The second-order valence-electron chi connectivity index (χ2n) is 3.63. The van der Waals surface area contributed by atoms with Gasteiger partial charge in [-0.1, -0.05) is 17.3 Å². The Labute approximate surface area is 92.6 Å². The molecule has 0 N–H and O–H groups in total. The van der Waals surface area contributed by atoms with Gasteiger partial charge in [0, 0.05) is 11.9 Å². The maximum atomic E-state index is 4.45. The van der Waals surface area contributed by atoms with Gasteiger partial charge in [0.2, 0.25) is 0 Å². The molecule has 0 unspecified atom stereocenters. The summed E-state index contributed by atoms with van der Waals surface area (Å²) in [5.74, 6) is 0. The van der Waals surface area contributed by atoms with Crippen LogP contribution < -0.4 is 0 Å². The lowest BCUT2D eigenvalue weighted by atomic mass is 10.2. The lowest BCUT2D eigenvalue weighted by Gasteiger charge is -1.97. The zero-order valence-corrected chi connectivity index (χ0v) is 8.83. The standard InChI is InChI=1S/C12H10N4/c1-9-5-4-6-10(13-9)12-11-7-2-3-8-16(11)15-14-12/h2-8H,1H3. The highest BCUT2D eigenvalue weighted by Crippen LogP contribution is 2.19. The van der Waals surface area contributed by atoms with Crippen molar-refractivity contribution in [2.45, 2.75) is 6.92 Å². The molecule has 0 amide bonds. The van der Waals surface area contributed by atoms with Crippen molar-refractivity contribution < 1.29 is 0 Å². The third-order valence-electron chi connectivity index (χ3n) is 2.45. The Bertz CT molecular complexity index is 642. The highest BCUT2D eigenvalue weighted by Gasteiger charge is 2.08. The molecule has 4 heteroatoms. The Morgan fingerprint density at radius 3 is 2.88 bits per heavy atom. The van der Waals surface area contributed by atoms with E-state index in [0.29, 0.717) is 0 Å². The molecular formula is C12H10N4. The van der Waals surface area contributed by atoms with Gasteiger partial charge >= 0.3 is 0 Å². The Balaban J connectivity index is 2.26. The van der Waals surface area contributed by atoms with Gasteiger partial charge < -0.3 is 0 Å². The summed E-state index contributed by atoms with van der Waals surface area (Å²) in [5.41, 5.74) is 3.64. The van der Waals surface area contributed by atoms with E-state index in [1.54, 1.807) is 4.52 Å². The number of aryl methyl sites for hydroxylation is 1. The summed E-state index contributed by atoms with van der Waals surface area (Å²) in [6.45, 7) is 1.97. The summed E-state index contributed by atoms with van der Waals surface area (Å²) in [4.78, 5) is 4.45. The molecule has 3 rings (SSSR count). The molecule has 0 aliphatic carbocycles. The molecule has 0 spiro atoms. The number of hydrogen-bond donors (Lipinski definition) is 0. The third-order valence-corrected chi connectivity index (χ3v) is 2.45. The van der Waals surface area contributed by atoms with Crippen LogP contribution in [0, 0.1) is 6.92 Å². The molecular weight excluding hydrogens is 200 g/mol. The van der Waals surface area contributed by atoms with E-state index in [1.165, 1.54) is 0 Å². The molecule has 0 aliphatic rings. The lowest BCUT2D eigenvalue weighted by Crippen LogP contribution is -1.87. The highest BCUT2D eigenvalue weighted by atomic mass is 15.4. The molecule has 4 nitrogen and oxygen atoms in total. The maximum Gasteiger partial charge on any atom is 0.139 e. The maximum absolute atomic E-state index is 4.45. The van der Waals surface area contributed by atoms with Crippen molar-refractivity contribution in [2.24, 2.45) is 0 Å². The number of aromatic nitrogens is 4. The van der Waals surface area contributed by atoms with E-state index < -0.39 is 0 Å². The van der Waals surface area contributed by atoms with E-state index >= 15 is 0 Å². The van der Waals surface area contributed by atoms with Gasteiger partial charge in [0.25, 0.3) is 0 Å². The first kappa shape index (κ1) is 9.03. The fourth-order valence-corrected chi connectivity index (χ4v) is 1.70. The second-order valence-corrected chi connectivity index (χ2v) is 3.63. The van der Waals surface area contributed by atoms with Crippen molar-refractivity contribution in [3.8, 4) is 11.4 Å². The van der Waals surface area contributed by atoms with Crippen LogP contribution in [0.1, 0.15) is 5.69 Å². The predicted octanol–water partition coefficient (Wildman–Crippen LogP) is 2.10. The minimum absolute atomic E-state index is 0.823. The Morgan fingerprint density at radius 2 is 2.00 bits per heavy atom. The molecule has 78 valence electrons. The summed E-state index contributed by atoms with van der Waals surface area (Å²) in [6, 6.07) is 11.8. The van der Waals surface area contributed by atoms with Crippen LogP contribution in [0.3, 0.4) is 0 Å². The molecule has 3 heterocycles. The Kier molecular flexibility index (Phi) is 1.93. The molecule has 0 atom stereocenters. The first-order valence-corrected chi connectivity index (χ1v) is 5.09. The fourth-order valence-electron chi connectivity index (χ4n) is 1.70. The number of hydrogen-bond acceptors (Lipinski definition) is 3. The van der Waals surface area contributed by atoms with Crippen LogP contribution in [0.2, 0.25) is 0 Å².